The highest BCUT2D eigenvalue weighted by molar-refractivity contribution is 5.93. The average Bonchev–Trinajstić information content (AvgIpc) is 3.17. The highest BCUT2D eigenvalue weighted by atomic mass is 16.4. The summed E-state index contributed by atoms with van der Waals surface area (Å²) in [5.74, 6) is -4.34. The lowest BCUT2D eigenvalue weighted by Crippen LogP contribution is -2.51. The Balaban J connectivity index is 1.80. The number of para-hydroxylation sites is 1. The summed E-state index contributed by atoms with van der Waals surface area (Å²) < 4.78 is 0. The number of fused-ring (bicyclic) bond motifs is 1. The van der Waals surface area contributed by atoms with Crippen molar-refractivity contribution in [3.8, 4) is 0 Å². The van der Waals surface area contributed by atoms with Crippen molar-refractivity contribution in [1.29, 1.82) is 0 Å². The minimum atomic E-state index is -1.66. The van der Waals surface area contributed by atoms with E-state index in [0.29, 0.717) is 5.69 Å². The maximum atomic E-state index is 12.3. The van der Waals surface area contributed by atoms with Crippen LogP contribution in [0.4, 0.5) is 5.69 Å². The molecule has 0 unspecified atom stereocenters. The van der Waals surface area contributed by atoms with E-state index in [4.69, 9.17) is 5.73 Å². The van der Waals surface area contributed by atoms with Crippen molar-refractivity contribution >= 4 is 23.5 Å². The number of benzene rings is 1. The van der Waals surface area contributed by atoms with E-state index < -0.39 is 40.6 Å². The number of hydrogen-bond acceptors (Lipinski definition) is 4. The Labute approximate surface area is 144 Å². The Morgan fingerprint density at radius 3 is 2.40 bits per heavy atom. The van der Waals surface area contributed by atoms with Crippen LogP contribution in [-0.2, 0) is 14.4 Å². The molecular weight excluding hydrogens is 324 g/mol. The summed E-state index contributed by atoms with van der Waals surface area (Å²) in [6.45, 7) is 3.57. The molecule has 1 amide bonds. The molecule has 1 aromatic rings. The number of carbonyl (C=O) groups excluding carboxylic acids is 1. The van der Waals surface area contributed by atoms with Crippen LogP contribution in [-0.4, -0.2) is 33.6 Å². The van der Waals surface area contributed by atoms with Gasteiger partial charge in [-0.1, -0.05) is 24.3 Å². The molecule has 5 N–H and O–H groups in total. The van der Waals surface area contributed by atoms with Crippen LogP contribution in [0.2, 0.25) is 0 Å². The number of hydrogen-bond donors (Lipinski definition) is 4. The fourth-order valence-electron chi connectivity index (χ4n) is 4.55. The van der Waals surface area contributed by atoms with Gasteiger partial charge in [-0.3, -0.25) is 14.4 Å². The number of rotatable bonds is 6. The second-order valence-corrected chi connectivity index (χ2v) is 6.87. The molecule has 5 atom stereocenters. The number of anilines is 1. The summed E-state index contributed by atoms with van der Waals surface area (Å²) in [5.41, 5.74) is 3.65. The summed E-state index contributed by atoms with van der Waals surface area (Å²) >= 11 is 0. The van der Waals surface area contributed by atoms with Gasteiger partial charge in [0, 0.05) is 18.0 Å². The number of nitrogens with one attached hydrogen (secondary N) is 1. The molecule has 1 aromatic carbocycles. The van der Waals surface area contributed by atoms with Crippen LogP contribution in [0.15, 0.2) is 43.0 Å². The minimum Gasteiger partial charge on any atom is -0.481 e. The van der Waals surface area contributed by atoms with E-state index in [-0.39, 0.29) is 18.7 Å². The molecule has 7 heteroatoms. The summed E-state index contributed by atoms with van der Waals surface area (Å²) in [7, 11) is 0. The number of nitrogens with two attached hydrogens (primary N) is 1. The van der Waals surface area contributed by atoms with Crippen LogP contribution >= 0.6 is 0 Å². The summed E-state index contributed by atoms with van der Waals surface area (Å²) in [5, 5.41) is 21.8. The van der Waals surface area contributed by atoms with Crippen LogP contribution in [0, 0.1) is 23.2 Å². The van der Waals surface area contributed by atoms with E-state index in [1.54, 1.807) is 24.3 Å². The minimum absolute atomic E-state index is 0.0190. The van der Waals surface area contributed by atoms with E-state index in [9.17, 15) is 24.6 Å². The van der Waals surface area contributed by atoms with Gasteiger partial charge in [-0.15, -0.1) is 6.58 Å². The Morgan fingerprint density at radius 1 is 1.24 bits per heavy atom. The van der Waals surface area contributed by atoms with Crippen LogP contribution in [0.3, 0.4) is 0 Å². The van der Waals surface area contributed by atoms with Crippen LogP contribution < -0.4 is 11.1 Å². The number of carboxylic acid groups (broad SMARTS) is 2. The molecule has 2 fully saturated rings. The molecule has 25 heavy (non-hydrogen) atoms. The zero-order valence-corrected chi connectivity index (χ0v) is 13.5. The van der Waals surface area contributed by atoms with Crippen molar-refractivity contribution in [2.24, 2.45) is 28.9 Å². The Morgan fingerprint density at radius 2 is 1.88 bits per heavy atom. The predicted molar refractivity (Wildman–Crippen MR) is 89.6 cm³/mol. The van der Waals surface area contributed by atoms with Gasteiger partial charge in [-0.2, -0.15) is 0 Å². The van der Waals surface area contributed by atoms with Gasteiger partial charge in [-0.05, 0) is 30.4 Å². The monoisotopic (exact) mass is 344 g/mol. The molecule has 132 valence electrons. The highest BCUT2D eigenvalue weighted by Gasteiger charge is 2.81. The molecule has 0 heterocycles. The first-order valence-corrected chi connectivity index (χ1v) is 8.01. The third-order valence-electron chi connectivity index (χ3n) is 5.59. The molecular formula is C18H20N2O5. The lowest BCUT2D eigenvalue weighted by Gasteiger charge is -2.28. The van der Waals surface area contributed by atoms with Crippen molar-refractivity contribution in [2.45, 2.75) is 18.4 Å². The molecule has 0 saturated heterocycles. The number of amides is 1. The lowest BCUT2D eigenvalue weighted by atomic mass is 9.79. The molecule has 0 aromatic heterocycles. The molecule has 0 radical (unpaired) electrons. The SMILES string of the molecule is C=C[C@]1(C(=O)O)[C@@H]2[C@@H](CC(=O)Nc3ccccc3)C[C@@](N)(C(=O)O)[C@@H]21. The first kappa shape index (κ1) is 17.2. The first-order valence-electron chi connectivity index (χ1n) is 8.01. The lowest BCUT2D eigenvalue weighted by molar-refractivity contribution is -0.147. The standard InChI is InChI=1S/C18H20N2O5/c1-2-17(15(22)23)13-10(9-18(19,14(13)17)16(24)25)8-12(21)20-11-6-4-3-5-7-11/h2-7,10,13-14H,1,8-9,19H2,(H,20,21)(H,22,23)(H,24,25)/t10-,13+,14-,17-,18-/m0/s1. The van der Waals surface area contributed by atoms with E-state index in [1.807, 2.05) is 6.07 Å². The quantitative estimate of drug-likeness (QED) is 0.576. The Hall–Kier alpha value is -2.67. The van der Waals surface area contributed by atoms with Crippen molar-refractivity contribution < 1.29 is 24.6 Å². The molecule has 0 aliphatic heterocycles. The summed E-state index contributed by atoms with van der Waals surface area (Å²) in [6.07, 6.45) is 1.37. The zero-order chi connectivity index (χ0) is 18.4. The van der Waals surface area contributed by atoms with Gasteiger partial charge in [0.05, 0.1) is 5.41 Å². The van der Waals surface area contributed by atoms with Gasteiger partial charge < -0.3 is 21.3 Å². The largest absolute Gasteiger partial charge is 0.481 e. The van der Waals surface area contributed by atoms with Gasteiger partial charge in [0.1, 0.15) is 5.54 Å². The van der Waals surface area contributed by atoms with E-state index in [0.717, 1.165) is 0 Å². The topological polar surface area (TPSA) is 130 Å². The number of aliphatic carboxylic acids is 2. The smallest absolute Gasteiger partial charge is 0.324 e. The van der Waals surface area contributed by atoms with Crippen LogP contribution in [0.25, 0.3) is 0 Å². The van der Waals surface area contributed by atoms with E-state index >= 15 is 0 Å². The van der Waals surface area contributed by atoms with E-state index in [2.05, 4.69) is 11.9 Å². The molecule has 0 spiro atoms. The Bertz CT molecular complexity index is 749. The predicted octanol–water partition coefficient (Wildman–Crippen LogP) is 1.32. The highest BCUT2D eigenvalue weighted by Crippen LogP contribution is 2.73. The zero-order valence-electron chi connectivity index (χ0n) is 13.5. The molecule has 7 nitrogen and oxygen atoms in total. The van der Waals surface area contributed by atoms with Gasteiger partial charge in [0.15, 0.2) is 0 Å². The van der Waals surface area contributed by atoms with Crippen molar-refractivity contribution in [2.75, 3.05) is 5.32 Å². The number of carbonyl (C=O) groups is 3. The maximum absolute atomic E-state index is 12.3. The molecule has 0 bridgehead atoms. The average molecular weight is 344 g/mol. The third-order valence-corrected chi connectivity index (χ3v) is 5.59. The van der Waals surface area contributed by atoms with Crippen molar-refractivity contribution in [3.05, 3.63) is 43.0 Å². The fraction of sp³-hybridized carbons (Fsp3) is 0.389. The molecule has 2 aliphatic rings. The van der Waals surface area contributed by atoms with Gasteiger partial charge in [0.25, 0.3) is 0 Å². The summed E-state index contributed by atoms with van der Waals surface area (Å²) in [6, 6.07) is 8.86. The first-order chi connectivity index (χ1) is 11.8. The van der Waals surface area contributed by atoms with Crippen LogP contribution in [0.5, 0.6) is 0 Å². The number of carboxylic acids is 2. The van der Waals surface area contributed by atoms with Crippen LogP contribution in [0.1, 0.15) is 12.8 Å². The normalized spacial score (nSPS) is 35.5. The second kappa shape index (κ2) is 5.70. The van der Waals surface area contributed by atoms with Gasteiger partial charge in [-0.25, -0.2) is 0 Å². The van der Waals surface area contributed by atoms with Gasteiger partial charge >= 0.3 is 11.9 Å². The fourth-order valence-corrected chi connectivity index (χ4v) is 4.55. The van der Waals surface area contributed by atoms with Crippen molar-refractivity contribution in [1.82, 2.24) is 0 Å². The van der Waals surface area contributed by atoms with E-state index in [1.165, 1.54) is 6.08 Å². The van der Waals surface area contributed by atoms with Gasteiger partial charge in [0.2, 0.25) is 5.91 Å². The molecule has 3 rings (SSSR count). The third kappa shape index (κ3) is 2.42. The Kier molecular flexibility index (Phi) is 3.91. The molecule has 2 saturated carbocycles. The van der Waals surface area contributed by atoms with Crippen molar-refractivity contribution in [3.63, 3.8) is 0 Å². The second-order valence-electron chi connectivity index (χ2n) is 6.87. The maximum Gasteiger partial charge on any atom is 0.324 e. The summed E-state index contributed by atoms with van der Waals surface area (Å²) in [4.78, 5) is 35.7. The molecule has 2 aliphatic carbocycles.